The first kappa shape index (κ1) is 16.8. The summed E-state index contributed by atoms with van der Waals surface area (Å²) in [7, 11) is 0. The second kappa shape index (κ2) is 6.56. The Labute approximate surface area is 154 Å². The molecule has 0 aliphatic carbocycles. The molecule has 1 aliphatic rings. The Morgan fingerprint density at radius 3 is 2.89 bits per heavy atom. The van der Waals surface area contributed by atoms with Gasteiger partial charge in [0.25, 0.3) is 0 Å². The minimum absolute atomic E-state index is 0.114. The van der Waals surface area contributed by atoms with Crippen LogP contribution < -0.4 is 10.6 Å². The quantitative estimate of drug-likeness (QED) is 0.536. The van der Waals surface area contributed by atoms with Crippen molar-refractivity contribution in [3.05, 3.63) is 42.5 Å². The number of imidazole rings is 1. The molecule has 2 aromatic carbocycles. The van der Waals surface area contributed by atoms with Crippen LogP contribution in [-0.4, -0.2) is 33.9 Å². The Kier molecular flexibility index (Phi) is 4.08. The molecule has 0 atom stereocenters. The molecule has 1 aliphatic heterocycles. The van der Waals surface area contributed by atoms with Crippen molar-refractivity contribution in [3.8, 4) is 11.4 Å². The smallest absolute Gasteiger partial charge is 0.397 e. The Hall–Kier alpha value is -3.68. The van der Waals surface area contributed by atoms with Gasteiger partial charge in [0.05, 0.1) is 23.3 Å². The Bertz CT molecular complexity index is 1090. The average Bonchev–Trinajstić information content (AvgIpc) is 2.93. The topological polar surface area (TPSA) is 102 Å². The lowest BCUT2D eigenvalue weighted by molar-refractivity contribution is -0.152. The van der Waals surface area contributed by atoms with Gasteiger partial charge in [-0.3, -0.25) is 9.59 Å². The van der Waals surface area contributed by atoms with E-state index in [9.17, 15) is 14.4 Å². The summed E-state index contributed by atoms with van der Waals surface area (Å²) < 4.78 is 6.53. The Balaban J connectivity index is 1.74. The molecule has 4 rings (SSSR count). The highest BCUT2D eigenvalue weighted by atomic mass is 16.5. The number of aromatic nitrogens is 2. The van der Waals surface area contributed by atoms with Crippen LogP contribution in [0.1, 0.15) is 6.92 Å². The molecule has 2 N–H and O–H groups in total. The maximum atomic E-state index is 12.4. The van der Waals surface area contributed by atoms with Crippen molar-refractivity contribution in [2.45, 2.75) is 13.5 Å². The molecule has 136 valence electrons. The number of fused-ring (bicyclic) bond motifs is 5. The highest BCUT2D eigenvalue weighted by molar-refractivity contribution is 6.37. The van der Waals surface area contributed by atoms with E-state index in [2.05, 4.69) is 20.4 Å². The molecule has 0 radical (unpaired) electrons. The number of nitrogens with zero attached hydrogens (tertiary/aromatic N) is 2. The van der Waals surface area contributed by atoms with E-state index in [4.69, 9.17) is 0 Å². The van der Waals surface area contributed by atoms with Gasteiger partial charge in [-0.2, -0.15) is 0 Å². The van der Waals surface area contributed by atoms with E-state index < -0.39 is 11.9 Å². The van der Waals surface area contributed by atoms with E-state index in [1.165, 1.54) is 0 Å². The summed E-state index contributed by atoms with van der Waals surface area (Å²) in [5.74, 6) is -1.37. The summed E-state index contributed by atoms with van der Waals surface area (Å²) in [6.07, 6.45) is 0. The Morgan fingerprint density at radius 1 is 1.26 bits per heavy atom. The number of benzene rings is 2. The van der Waals surface area contributed by atoms with E-state index in [0.29, 0.717) is 17.2 Å². The van der Waals surface area contributed by atoms with Crippen molar-refractivity contribution in [1.82, 2.24) is 9.55 Å². The van der Waals surface area contributed by atoms with E-state index in [1.54, 1.807) is 25.1 Å². The summed E-state index contributed by atoms with van der Waals surface area (Å²) >= 11 is 0. The first-order valence-electron chi connectivity index (χ1n) is 8.44. The number of carbonyl (C=O) groups is 3. The Morgan fingerprint density at radius 2 is 2.07 bits per heavy atom. The number of hydrogen-bond acceptors (Lipinski definition) is 5. The summed E-state index contributed by atoms with van der Waals surface area (Å²) in [6, 6.07) is 12.6. The zero-order chi connectivity index (χ0) is 19.0. The van der Waals surface area contributed by atoms with Gasteiger partial charge in [-0.1, -0.05) is 12.1 Å². The molecule has 3 aromatic rings. The SMILES string of the molecule is CCOC(=O)C(=O)Nc1ccc2c(c1)NC(=O)Cn1c-2nc2ccccc21. The monoisotopic (exact) mass is 364 g/mol. The van der Waals surface area contributed by atoms with E-state index in [0.717, 1.165) is 16.6 Å². The first-order chi connectivity index (χ1) is 13.1. The number of amides is 2. The highest BCUT2D eigenvalue weighted by Gasteiger charge is 2.23. The minimum Gasteiger partial charge on any atom is -0.459 e. The third kappa shape index (κ3) is 3.01. The van der Waals surface area contributed by atoms with E-state index in [1.807, 2.05) is 28.8 Å². The molecule has 2 heterocycles. The number of para-hydroxylation sites is 2. The largest absolute Gasteiger partial charge is 0.459 e. The predicted octanol–water partition coefficient (Wildman–Crippen LogP) is 2.16. The van der Waals surface area contributed by atoms with Gasteiger partial charge >= 0.3 is 11.9 Å². The summed E-state index contributed by atoms with van der Waals surface area (Å²) in [5, 5.41) is 5.29. The lowest BCUT2D eigenvalue weighted by Gasteiger charge is -2.10. The number of carbonyl (C=O) groups excluding carboxylic acids is 3. The van der Waals surface area contributed by atoms with Gasteiger partial charge < -0.3 is 19.9 Å². The fraction of sp³-hybridized carbons (Fsp3) is 0.158. The molecule has 27 heavy (non-hydrogen) atoms. The van der Waals surface area contributed by atoms with Crippen LogP contribution in [0.15, 0.2) is 42.5 Å². The van der Waals surface area contributed by atoms with Crippen LogP contribution in [0, 0.1) is 0 Å². The number of esters is 1. The van der Waals surface area contributed by atoms with Crippen molar-refractivity contribution >= 4 is 40.2 Å². The summed E-state index contributed by atoms with van der Waals surface area (Å²) in [6.45, 7) is 1.87. The molecule has 0 saturated carbocycles. The molecular weight excluding hydrogens is 348 g/mol. The van der Waals surface area contributed by atoms with Crippen molar-refractivity contribution < 1.29 is 19.1 Å². The first-order valence-corrected chi connectivity index (χ1v) is 8.44. The van der Waals surface area contributed by atoms with E-state index in [-0.39, 0.29) is 19.1 Å². The molecule has 2 amide bonds. The molecule has 8 nitrogen and oxygen atoms in total. The van der Waals surface area contributed by atoms with Crippen LogP contribution in [0.3, 0.4) is 0 Å². The number of anilines is 2. The van der Waals surface area contributed by atoms with Crippen LogP contribution >= 0.6 is 0 Å². The van der Waals surface area contributed by atoms with Gasteiger partial charge in [-0.15, -0.1) is 0 Å². The normalized spacial score (nSPS) is 12.6. The van der Waals surface area contributed by atoms with Crippen LogP contribution in [-0.2, 0) is 25.7 Å². The summed E-state index contributed by atoms with van der Waals surface area (Å²) in [4.78, 5) is 40.3. The fourth-order valence-corrected chi connectivity index (χ4v) is 3.07. The lowest BCUT2D eigenvalue weighted by atomic mass is 10.1. The average molecular weight is 364 g/mol. The van der Waals surface area contributed by atoms with E-state index >= 15 is 0 Å². The van der Waals surface area contributed by atoms with Crippen molar-refractivity contribution in [2.24, 2.45) is 0 Å². The van der Waals surface area contributed by atoms with Crippen molar-refractivity contribution in [3.63, 3.8) is 0 Å². The molecular formula is C19H16N4O4. The van der Waals surface area contributed by atoms with Gasteiger partial charge in [0.1, 0.15) is 12.4 Å². The molecule has 0 spiro atoms. The molecule has 0 bridgehead atoms. The zero-order valence-electron chi connectivity index (χ0n) is 14.5. The minimum atomic E-state index is -0.960. The van der Waals surface area contributed by atoms with Gasteiger partial charge in [0.2, 0.25) is 5.91 Å². The second-order valence-electron chi connectivity index (χ2n) is 5.99. The van der Waals surface area contributed by atoms with Gasteiger partial charge in [0, 0.05) is 11.3 Å². The molecule has 8 heteroatoms. The molecule has 0 fully saturated rings. The van der Waals surface area contributed by atoms with Gasteiger partial charge in [-0.25, -0.2) is 9.78 Å². The van der Waals surface area contributed by atoms with Crippen LogP contribution in [0.5, 0.6) is 0 Å². The maximum Gasteiger partial charge on any atom is 0.397 e. The third-order valence-corrected chi connectivity index (χ3v) is 4.21. The summed E-state index contributed by atoms with van der Waals surface area (Å²) in [5.41, 5.74) is 3.28. The number of hydrogen-bond donors (Lipinski definition) is 2. The van der Waals surface area contributed by atoms with Crippen LogP contribution in [0.25, 0.3) is 22.4 Å². The molecule has 0 saturated heterocycles. The molecule has 0 unspecified atom stereocenters. The number of ether oxygens (including phenoxy) is 1. The third-order valence-electron chi connectivity index (χ3n) is 4.21. The van der Waals surface area contributed by atoms with Gasteiger partial charge in [0.15, 0.2) is 0 Å². The second-order valence-corrected chi connectivity index (χ2v) is 5.99. The van der Waals surface area contributed by atoms with Crippen molar-refractivity contribution in [2.75, 3.05) is 17.2 Å². The van der Waals surface area contributed by atoms with Gasteiger partial charge in [-0.05, 0) is 37.3 Å². The van der Waals surface area contributed by atoms with Crippen LogP contribution in [0.2, 0.25) is 0 Å². The molecule has 1 aromatic heterocycles. The lowest BCUT2D eigenvalue weighted by Crippen LogP contribution is -2.25. The predicted molar refractivity (Wildman–Crippen MR) is 99.1 cm³/mol. The maximum absolute atomic E-state index is 12.4. The van der Waals surface area contributed by atoms with Crippen molar-refractivity contribution in [1.29, 1.82) is 0 Å². The standard InChI is InChI=1S/C19H16N4O4/c1-2-27-19(26)18(25)20-11-7-8-12-14(9-11)21-16(24)10-23-15-6-4-3-5-13(15)22-17(12)23/h3-9H,2,10H2,1H3,(H,20,25)(H,21,24). The number of rotatable bonds is 2. The fourth-order valence-electron chi connectivity index (χ4n) is 3.07. The zero-order valence-corrected chi connectivity index (χ0v) is 14.5. The highest BCUT2D eigenvalue weighted by Crippen LogP contribution is 2.34. The van der Waals surface area contributed by atoms with Crippen LogP contribution in [0.4, 0.5) is 11.4 Å². The number of nitrogens with one attached hydrogen (secondary N) is 2.